The summed E-state index contributed by atoms with van der Waals surface area (Å²) in [7, 11) is 0. The fourth-order valence-corrected chi connectivity index (χ4v) is 2.63. The average Bonchev–Trinajstić information content (AvgIpc) is 2.94. The van der Waals surface area contributed by atoms with Crippen molar-refractivity contribution >= 4 is 24.0 Å². The summed E-state index contributed by atoms with van der Waals surface area (Å²) in [6.45, 7) is 13.5. The molecule has 1 heterocycles. The van der Waals surface area contributed by atoms with Crippen molar-refractivity contribution in [1.82, 2.24) is 9.78 Å². The van der Waals surface area contributed by atoms with Crippen LogP contribution in [0.4, 0.5) is 10.6 Å². The Morgan fingerprint density at radius 2 is 1.81 bits per heavy atom. The van der Waals surface area contributed by atoms with Crippen molar-refractivity contribution in [2.75, 3.05) is 11.9 Å². The van der Waals surface area contributed by atoms with E-state index in [9.17, 15) is 4.79 Å². The molecule has 0 unspecified atom stereocenters. The maximum Gasteiger partial charge on any atom is 0.418 e. The summed E-state index contributed by atoms with van der Waals surface area (Å²) in [5, 5.41) is 7.42. The molecule has 1 N–H and O–H groups in total. The van der Waals surface area contributed by atoms with Gasteiger partial charge in [0.2, 0.25) is 0 Å². The van der Waals surface area contributed by atoms with Gasteiger partial charge in [0.25, 0.3) is 0 Å². The lowest BCUT2D eigenvalue weighted by atomic mass is 9.92. The second kappa shape index (κ2) is 8.80. The first-order valence-electron chi connectivity index (χ1n) is 8.97. The van der Waals surface area contributed by atoms with Crippen LogP contribution < -0.4 is 10.1 Å². The Bertz CT molecular complexity index is 746. The minimum atomic E-state index is -0.548. The van der Waals surface area contributed by atoms with Crippen LogP contribution in [0.3, 0.4) is 0 Å². The standard InChI is InChI=1S/C20H29N3O3S/c1-19(2,3)16-14-17(21-18(24)26-15-10-8-7-9-11-15)23(22-16)12-13-25-27-20(4,5)6/h7-11,14H,12-13H2,1-6H3,(H,21,24). The van der Waals surface area contributed by atoms with Crippen molar-refractivity contribution in [1.29, 1.82) is 0 Å². The third-order valence-corrected chi connectivity index (χ3v) is 4.21. The smallest absolute Gasteiger partial charge is 0.410 e. The fraction of sp³-hybridized carbons (Fsp3) is 0.500. The van der Waals surface area contributed by atoms with Crippen LogP contribution in [0.2, 0.25) is 0 Å². The van der Waals surface area contributed by atoms with Crippen molar-refractivity contribution in [2.24, 2.45) is 0 Å². The molecule has 0 aliphatic carbocycles. The Kier molecular flexibility index (Phi) is 6.95. The molecule has 0 radical (unpaired) electrons. The van der Waals surface area contributed by atoms with Gasteiger partial charge in [-0.05, 0) is 44.9 Å². The summed E-state index contributed by atoms with van der Waals surface area (Å²) in [6.07, 6.45) is -0.548. The molecule has 0 saturated heterocycles. The number of rotatable bonds is 6. The Balaban J connectivity index is 2.06. The topological polar surface area (TPSA) is 65.4 Å². The van der Waals surface area contributed by atoms with Crippen LogP contribution in [0.5, 0.6) is 5.75 Å². The summed E-state index contributed by atoms with van der Waals surface area (Å²) in [4.78, 5) is 12.2. The molecule has 0 atom stereocenters. The van der Waals surface area contributed by atoms with Crippen LogP contribution >= 0.6 is 12.0 Å². The van der Waals surface area contributed by atoms with Gasteiger partial charge in [-0.1, -0.05) is 39.0 Å². The minimum absolute atomic E-state index is 0.0290. The van der Waals surface area contributed by atoms with Crippen molar-refractivity contribution in [2.45, 2.75) is 58.2 Å². The van der Waals surface area contributed by atoms with E-state index >= 15 is 0 Å². The zero-order chi connectivity index (χ0) is 20.1. The number of carbonyl (C=O) groups is 1. The highest BCUT2D eigenvalue weighted by Crippen LogP contribution is 2.26. The number of para-hydroxylation sites is 1. The second-order valence-electron chi connectivity index (χ2n) is 8.23. The van der Waals surface area contributed by atoms with Gasteiger partial charge in [-0.25, -0.2) is 9.48 Å². The first-order valence-corrected chi connectivity index (χ1v) is 9.71. The van der Waals surface area contributed by atoms with E-state index in [1.807, 2.05) is 24.3 Å². The molecule has 2 rings (SSSR count). The van der Waals surface area contributed by atoms with Gasteiger partial charge in [0.05, 0.1) is 18.8 Å². The fourth-order valence-electron chi connectivity index (χ4n) is 2.12. The van der Waals surface area contributed by atoms with Gasteiger partial charge in [0.1, 0.15) is 11.6 Å². The van der Waals surface area contributed by atoms with Crippen LogP contribution in [-0.4, -0.2) is 27.2 Å². The van der Waals surface area contributed by atoms with Crippen molar-refractivity contribution < 1.29 is 13.7 Å². The molecule has 2 aromatic rings. The summed E-state index contributed by atoms with van der Waals surface area (Å²) in [5.41, 5.74) is 0.757. The summed E-state index contributed by atoms with van der Waals surface area (Å²) in [6, 6.07) is 10.8. The molecule has 0 spiro atoms. The molecule has 1 aromatic heterocycles. The predicted octanol–water partition coefficient (Wildman–Crippen LogP) is 5.25. The number of hydrogen-bond donors (Lipinski definition) is 1. The van der Waals surface area contributed by atoms with Crippen LogP contribution in [0.15, 0.2) is 36.4 Å². The molecule has 0 fully saturated rings. The number of nitrogens with one attached hydrogen (secondary N) is 1. The van der Waals surface area contributed by atoms with E-state index in [0.717, 1.165) is 5.69 Å². The molecule has 1 amide bonds. The third kappa shape index (κ3) is 7.27. The predicted molar refractivity (Wildman–Crippen MR) is 110 cm³/mol. The van der Waals surface area contributed by atoms with E-state index < -0.39 is 6.09 Å². The van der Waals surface area contributed by atoms with Crippen LogP contribution in [0.25, 0.3) is 0 Å². The van der Waals surface area contributed by atoms with E-state index in [1.54, 1.807) is 16.8 Å². The van der Waals surface area contributed by atoms with Gasteiger partial charge in [-0.3, -0.25) is 5.32 Å². The molecule has 27 heavy (non-hydrogen) atoms. The number of hydrogen-bond acceptors (Lipinski definition) is 5. The van der Waals surface area contributed by atoms with Crippen molar-refractivity contribution in [3.05, 3.63) is 42.1 Å². The van der Waals surface area contributed by atoms with Crippen LogP contribution in [-0.2, 0) is 16.1 Å². The van der Waals surface area contributed by atoms with E-state index in [1.165, 1.54) is 12.0 Å². The summed E-state index contributed by atoms with van der Waals surface area (Å²) in [5.74, 6) is 1.08. The average molecular weight is 392 g/mol. The summed E-state index contributed by atoms with van der Waals surface area (Å²) < 4.78 is 12.8. The Hall–Kier alpha value is -1.99. The van der Waals surface area contributed by atoms with Gasteiger partial charge in [0.15, 0.2) is 0 Å². The van der Waals surface area contributed by atoms with Crippen molar-refractivity contribution in [3.8, 4) is 5.75 Å². The number of ether oxygens (including phenoxy) is 1. The number of nitrogens with zero attached hydrogens (tertiary/aromatic N) is 2. The molecular formula is C20H29N3O3S. The van der Waals surface area contributed by atoms with E-state index in [-0.39, 0.29) is 10.2 Å². The molecule has 6 nitrogen and oxygen atoms in total. The number of carbonyl (C=O) groups excluding carboxylic acids is 1. The largest absolute Gasteiger partial charge is 0.418 e. The molecular weight excluding hydrogens is 362 g/mol. The number of benzene rings is 1. The quantitative estimate of drug-likeness (QED) is 0.538. The highest BCUT2D eigenvalue weighted by atomic mass is 32.2. The molecule has 0 aliphatic heterocycles. The number of anilines is 1. The lowest BCUT2D eigenvalue weighted by Crippen LogP contribution is -2.20. The second-order valence-corrected chi connectivity index (χ2v) is 9.86. The zero-order valence-corrected chi connectivity index (χ0v) is 17.7. The number of amides is 1. The van der Waals surface area contributed by atoms with Gasteiger partial charge >= 0.3 is 6.09 Å². The maximum atomic E-state index is 12.2. The number of aromatic nitrogens is 2. The van der Waals surface area contributed by atoms with Gasteiger partial charge in [-0.15, -0.1) is 0 Å². The first-order chi connectivity index (χ1) is 12.5. The van der Waals surface area contributed by atoms with E-state index in [2.05, 4.69) is 52.0 Å². The van der Waals surface area contributed by atoms with Gasteiger partial charge in [-0.2, -0.15) is 5.10 Å². The normalized spacial score (nSPS) is 12.1. The first kappa shape index (κ1) is 21.3. The zero-order valence-electron chi connectivity index (χ0n) is 16.9. The van der Waals surface area contributed by atoms with Crippen LogP contribution in [0.1, 0.15) is 47.2 Å². The lowest BCUT2D eigenvalue weighted by molar-refractivity contribution is 0.215. The Labute approximate surface area is 165 Å². The monoisotopic (exact) mass is 391 g/mol. The molecule has 0 aliphatic rings. The highest BCUT2D eigenvalue weighted by molar-refractivity contribution is 7.96. The third-order valence-electron chi connectivity index (χ3n) is 3.43. The molecule has 1 aromatic carbocycles. The Morgan fingerprint density at radius 3 is 2.41 bits per heavy atom. The lowest BCUT2D eigenvalue weighted by Gasteiger charge is -2.16. The molecule has 7 heteroatoms. The van der Waals surface area contributed by atoms with E-state index in [0.29, 0.717) is 24.7 Å². The van der Waals surface area contributed by atoms with Crippen LogP contribution in [0, 0.1) is 0 Å². The highest BCUT2D eigenvalue weighted by Gasteiger charge is 2.21. The molecule has 0 saturated carbocycles. The SMILES string of the molecule is CC(C)(C)SOCCn1nc(C(C)(C)C)cc1NC(=O)Oc1ccccc1. The van der Waals surface area contributed by atoms with Gasteiger partial charge in [0, 0.05) is 16.2 Å². The van der Waals surface area contributed by atoms with Gasteiger partial charge < -0.3 is 8.92 Å². The Morgan fingerprint density at radius 1 is 1.15 bits per heavy atom. The molecule has 148 valence electrons. The van der Waals surface area contributed by atoms with E-state index in [4.69, 9.17) is 8.92 Å². The minimum Gasteiger partial charge on any atom is -0.410 e. The molecule has 0 bridgehead atoms. The van der Waals surface area contributed by atoms with Crippen molar-refractivity contribution in [3.63, 3.8) is 0 Å². The maximum absolute atomic E-state index is 12.2. The summed E-state index contributed by atoms with van der Waals surface area (Å²) >= 11 is 1.43.